The van der Waals surface area contributed by atoms with Crippen LogP contribution < -0.4 is 4.74 Å². The van der Waals surface area contributed by atoms with Gasteiger partial charge in [0, 0.05) is 5.56 Å². The van der Waals surface area contributed by atoms with Gasteiger partial charge in [-0.25, -0.2) is 4.39 Å². The van der Waals surface area contributed by atoms with E-state index < -0.39 is 5.82 Å². The van der Waals surface area contributed by atoms with Crippen molar-refractivity contribution >= 4 is 0 Å². The summed E-state index contributed by atoms with van der Waals surface area (Å²) in [7, 11) is 0. The Balaban J connectivity index is 2.52. The van der Waals surface area contributed by atoms with Gasteiger partial charge in [0.2, 0.25) is 5.88 Å². The molecular weight excluding hydrogens is 171 g/mol. The van der Waals surface area contributed by atoms with Crippen molar-refractivity contribution in [2.45, 2.75) is 12.8 Å². The van der Waals surface area contributed by atoms with Crippen LogP contribution in [0.25, 0.3) is 0 Å². The molecular formula is C9H7FN2O. The fourth-order valence-electron chi connectivity index (χ4n) is 1.32. The summed E-state index contributed by atoms with van der Waals surface area (Å²) in [6.07, 6.45) is 1.64. The molecule has 1 aromatic heterocycles. The predicted molar refractivity (Wildman–Crippen MR) is 42.7 cm³/mol. The summed E-state index contributed by atoms with van der Waals surface area (Å²) in [5.74, 6) is -0.157. The third kappa shape index (κ3) is 1.33. The monoisotopic (exact) mass is 178 g/mol. The van der Waals surface area contributed by atoms with E-state index in [1.165, 1.54) is 6.07 Å². The smallest absolute Gasteiger partial charge is 0.217 e. The Morgan fingerprint density at radius 2 is 2.46 bits per heavy atom. The molecule has 4 heteroatoms. The van der Waals surface area contributed by atoms with E-state index in [9.17, 15) is 4.39 Å². The second-order valence-electron chi connectivity index (χ2n) is 2.85. The number of aromatic nitrogens is 1. The average Bonchev–Trinajstić information content (AvgIpc) is 2.17. The minimum atomic E-state index is -0.563. The molecule has 66 valence electrons. The van der Waals surface area contributed by atoms with Crippen molar-refractivity contribution in [2.75, 3.05) is 6.61 Å². The number of fused-ring (bicyclic) bond motifs is 1. The maximum Gasteiger partial charge on any atom is 0.217 e. The van der Waals surface area contributed by atoms with Crippen LogP contribution in [-0.2, 0) is 6.42 Å². The van der Waals surface area contributed by atoms with Crippen molar-refractivity contribution in [3.8, 4) is 11.9 Å². The molecule has 2 rings (SSSR count). The summed E-state index contributed by atoms with van der Waals surface area (Å²) in [5, 5.41) is 8.51. The third-order valence-electron chi connectivity index (χ3n) is 1.95. The van der Waals surface area contributed by atoms with Gasteiger partial charge in [-0.15, -0.1) is 0 Å². The molecule has 0 amide bonds. The van der Waals surface area contributed by atoms with Gasteiger partial charge in [-0.1, -0.05) is 0 Å². The highest BCUT2D eigenvalue weighted by molar-refractivity contribution is 5.35. The maximum absolute atomic E-state index is 13.0. The largest absolute Gasteiger partial charge is 0.477 e. The van der Waals surface area contributed by atoms with E-state index in [0.29, 0.717) is 12.5 Å². The molecule has 3 nitrogen and oxygen atoms in total. The Labute approximate surface area is 74.8 Å². The highest BCUT2D eigenvalue weighted by Crippen LogP contribution is 2.23. The van der Waals surface area contributed by atoms with Crippen LogP contribution in [-0.4, -0.2) is 11.6 Å². The number of aryl methyl sites for hydroxylation is 1. The zero-order valence-corrected chi connectivity index (χ0v) is 6.88. The third-order valence-corrected chi connectivity index (χ3v) is 1.95. The summed E-state index contributed by atoms with van der Waals surface area (Å²) in [5.41, 5.74) is 0.559. The van der Waals surface area contributed by atoms with E-state index in [0.717, 1.165) is 18.4 Å². The number of hydrogen-bond acceptors (Lipinski definition) is 3. The van der Waals surface area contributed by atoms with Gasteiger partial charge >= 0.3 is 0 Å². The molecule has 0 saturated heterocycles. The molecule has 0 aromatic carbocycles. The molecule has 1 aliphatic rings. The molecule has 13 heavy (non-hydrogen) atoms. The molecule has 0 atom stereocenters. The van der Waals surface area contributed by atoms with Gasteiger partial charge in [-0.05, 0) is 18.9 Å². The summed E-state index contributed by atoms with van der Waals surface area (Å²) < 4.78 is 18.2. The standard InChI is InChI=1S/C9H7FN2O/c10-7-4-6-2-1-3-13-9(6)12-8(7)5-11/h4H,1-3H2. The Morgan fingerprint density at radius 3 is 3.23 bits per heavy atom. The first-order chi connectivity index (χ1) is 6.31. The van der Waals surface area contributed by atoms with Crippen molar-refractivity contribution < 1.29 is 9.13 Å². The summed E-state index contributed by atoms with van der Waals surface area (Å²) in [6.45, 7) is 0.594. The van der Waals surface area contributed by atoms with Gasteiger partial charge in [-0.2, -0.15) is 10.2 Å². The van der Waals surface area contributed by atoms with Crippen LogP contribution in [0.4, 0.5) is 4.39 Å². The Kier molecular flexibility index (Phi) is 1.85. The quantitative estimate of drug-likeness (QED) is 0.603. The van der Waals surface area contributed by atoms with Crippen molar-refractivity contribution in [3.05, 3.63) is 23.1 Å². The number of pyridine rings is 1. The van der Waals surface area contributed by atoms with Crippen molar-refractivity contribution in [2.24, 2.45) is 0 Å². The van der Waals surface area contributed by atoms with Crippen molar-refractivity contribution in [1.29, 1.82) is 5.26 Å². The van der Waals surface area contributed by atoms with E-state index in [1.807, 2.05) is 0 Å². The number of rotatable bonds is 0. The van der Waals surface area contributed by atoms with Crippen LogP contribution in [0, 0.1) is 17.1 Å². The minimum absolute atomic E-state index is 0.194. The second-order valence-corrected chi connectivity index (χ2v) is 2.85. The summed E-state index contributed by atoms with van der Waals surface area (Å²) >= 11 is 0. The van der Waals surface area contributed by atoms with Gasteiger partial charge in [0.1, 0.15) is 6.07 Å². The predicted octanol–water partition coefficient (Wildman–Crippen LogP) is 1.42. The van der Waals surface area contributed by atoms with Gasteiger partial charge < -0.3 is 4.74 Å². The molecule has 0 N–H and O–H groups in total. The molecule has 0 fully saturated rings. The Hall–Kier alpha value is -1.63. The second kappa shape index (κ2) is 3.02. The van der Waals surface area contributed by atoms with E-state index in [1.54, 1.807) is 6.07 Å². The fraction of sp³-hybridized carbons (Fsp3) is 0.333. The molecule has 0 bridgehead atoms. The van der Waals surface area contributed by atoms with Crippen molar-refractivity contribution in [1.82, 2.24) is 4.98 Å². The van der Waals surface area contributed by atoms with Crippen LogP contribution in [0.3, 0.4) is 0 Å². The lowest BCUT2D eigenvalue weighted by atomic mass is 10.1. The number of nitriles is 1. The van der Waals surface area contributed by atoms with Crippen molar-refractivity contribution in [3.63, 3.8) is 0 Å². The number of ether oxygens (including phenoxy) is 1. The first-order valence-electron chi connectivity index (χ1n) is 4.03. The van der Waals surface area contributed by atoms with Crippen LogP contribution in [0.5, 0.6) is 5.88 Å². The minimum Gasteiger partial charge on any atom is -0.477 e. The lowest BCUT2D eigenvalue weighted by Crippen LogP contribution is -2.11. The molecule has 2 heterocycles. The number of halogens is 1. The van der Waals surface area contributed by atoms with Crippen LogP contribution >= 0.6 is 0 Å². The molecule has 0 unspecified atom stereocenters. The SMILES string of the molecule is N#Cc1nc2c(cc1F)CCCO2. The molecule has 1 aromatic rings. The Bertz CT molecular complexity index is 384. The average molecular weight is 178 g/mol. The van der Waals surface area contributed by atoms with Crippen LogP contribution in [0.2, 0.25) is 0 Å². The number of nitrogens with zero attached hydrogens (tertiary/aromatic N) is 2. The zero-order chi connectivity index (χ0) is 9.26. The van der Waals surface area contributed by atoms with E-state index >= 15 is 0 Å². The van der Waals surface area contributed by atoms with Gasteiger partial charge in [0.15, 0.2) is 11.5 Å². The summed E-state index contributed by atoms with van der Waals surface area (Å²) in [6, 6.07) is 3.01. The maximum atomic E-state index is 13.0. The Morgan fingerprint density at radius 1 is 1.62 bits per heavy atom. The lowest BCUT2D eigenvalue weighted by Gasteiger charge is -2.15. The molecule has 0 radical (unpaired) electrons. The van der Waals surface area contributed by atoms with E-state index in [2.05, 4.69) is 4.98 Å². The lowest BCUT2D eigenvalue weighted by molar-refractivity contribution is 0.274. The molecule has 0 saturated carbocycles. The summed E-state index contributed by atoms with van der Waals surface area (Å²) in [4.78, 5) is 3.77. The van der Waals surface area contributed by atoms with Gasteiger partial charge in [0.25, 0.3) is 0 Å². The molecule has 0 spiro atoms. The molecule has 0 aliphatic carbocycles. The topological polar surface area (TPSA) is 45.9 Å². The first-order valence-corrected chi connectivity index (χ1v) is 4.03. The highest BCUT2D eigenvalue weighted by atomic mass is 19.1. The fourth-order valence-corrected chi connectivity index (χ4v) is 1.32. The van der Waals surface area contributed by atoms with E-state index in [4.69, 9.17) is 10.00 Å². The normalized spacial score (nSPS) is 14.2. The van der Waals surface area contributed by atoms with Crippen LogP contribution in [0.15, 0.2) is 6.07 Å². The van der Waals surface area contributed by atoms with Gasteiger partial charge in [0.05, 0.1) is 6.61 Å². The van der Waals surface area contributed by atoms with Gasteiger partial charge in [-0.3, -0.25) is 0 Å². The highest BCUT2D eigenvalue weighted by Gasteiger charge is 2.15. The molecule has 1 aliphatic heterocycles. The zero-order valence-electron chi connectivity index (χ0n) is 6.88. The van der Waals surface area contributed by atoms with Crippen LogP contribution in [0.1, 0.15) is 17.7 Å². The first kappa shape index (κ1) is 7.99. The number of hydrogen-bond donors (Lipinski definition) is 0. The van der Waals surface area contributed by atoms with E-state index in [-0.39, 0.29) is 5.69 Å².